The molecule has 0 spiro atoms. The van der Waals surface area contributed by atoms with E-state index in [1.54, 1.807) is 0 Å². The van der Waals surface area contributed by atoms with Crippen LogP contribution in [-0.4, -0.2) is 133 Å². The van der Waals surface area contributed by atoms with Crippen LogP contribution in [0.3, 0.4) is 0 Å². The molecule has 0 aliphatic rings. The first-order valence-electron chi connectivity index (χ1n) is 10.8. The fraction of sp³-hybridized carbons (Fsp3) is 0. The number of hydrogen-bond donors (Lipinski definition) is 11. The second-order valence-corrected chi connectivity index (χ2v) is 20.9. The van der Waals surface area contributed by atoms with Crippen LogP contribution in [0.4, 0.5) is 20.8 Å². The molecule has 3 rings (SSSR count). The van der Waals surface area contributed by atoms with Gasteiger partial charge in [0, 0.05) is 0 Å². The minimum atomic E-state index is -5.88. The quantitative estimate of drug-likeness (QED) is 0.0707. The Morgan fingerprint density at radius 1 is 0.367 bits per heavy atom. The fourth-order valence-electron chi connectivity index (χ4n) is 2.08. The number of halogens is 6. The third kappa shape index (κ3) is 77.9. The second kappa shape index (κ2) is 26.1. The largest absolute Gasteiger partial charge is 0.166 e. The van der Waals surface area contributed by atoms with E-state index in [0.29, 0.717) is 0 Å². The molecule has 0 aromatic heterocycles. The monoisotopic (exact) mass is 1130 g/mol. The first-order chi connectivity index (χ1) is 21.4. The van der Waals surface area contributed by atoms with E-state index in [9.17, 15) is 20.8 Å². The molecule has 0 amide bonds. The van der Waals surface area contributed by atoms with Gasteiger partial charge in [-0.15, -0.1) is 0 Å². The Morgan fingerprint density at radius 2 is 0.469 bits per heavy atom. The molecule has 11 N–H and O–H groups in total. The predicted octanol–water partition coefficient (Wildman–Crippen LogP) is -3.01. The molecule has 0 aliphatic heterocycles. The smallest absolute Gasteiger partial charge is 0.0619 e. The van der Waals surface area contributed by atoms with Crippen LogP contribution in [0.25, 0.3) is 0 Å². The van der Waals surface area contributed by atoms with Crippen molar-refractivity contribution in [3.8, 4) is 0 Å². The minimum absolute atomic E-state index is 0.0146. The standard InChI is InChI=1S/C18H15S.6AsFH2O3/c1-4-10-16(11-5-1)19(17-12-6-2-7-13-17)18-14-8-3-9-15-18;6*2-1(3,4)5/h1-15H;6*(H2,3,4,5)/q+1;;;;;;/p-1. The van der Waals surface area contributed by atoms with Gasteiger partial charge >= 0.3 is 180 Å². The second-order valence-electron chi connectivity index (χ2n) is 7.06. The molecule has 3 aromatic rings. The van der Waals surface area contributed by atoms with Crippen LogP contribution < -0.4 is 4.10 Å². The average molecular weight is 1130 g/mol. The minimum Gasteiger partial charge on any atom is -0.0619 e. The summed E-state index contributed by atoms with van der Waals surface area (Å²) in [6.45, 7) is 0. The van der Waals surface area contributed by atoms with Crippen molar-refractivity contribution in [2.75, 3.05) is 0 Å². The molecule has 49 heavy (non-hydrogen) atoms. The molecule has 0 heterocycles. The number of rotatable bonds is 3. The van der Waals surface area contributed by atoms with Gasteiger partial charge in [0.2, 0.25) is 0 Å². The Bertz CT molecular complexity index is 1280. The first kappa shape index (κ1) is 55.0. The van der Waals surface area contributed by atoms with Gasteiger partial charge in [0.25, 0.3) is 0 Å². The van der Waals surface area contributed by atoms with Crippen molar-refractivity contribution in [2.24, 2.45) is 0 Å². The molecular weight excluding hydrogens is 1100 g/mol. The molecule has 0 fully saturated rings. The van der Waals surface area contributed by atoms with E-state index in [1.165, 1.54) is 14.7 Å². The summed E-state index contributed by atoms with van der Waals surface area (Å²) < 4.78 is 200. The van der Waals surface area contributed by atoms with Gasteiger partial charge in [-0.1, -0.05) is 54.6 Å². The van der Waals surface area contributed by atoms with Gasteiger partial charge in [0.1, 0.15) is 0 Å². The van der Waals surface area contributed by atoms with E-state index >= 15 is 0 Å². The molecule has 31 heteroatoms. The zero-order valence-electron chi connectivity index (χ0n) is 23.3. The van der Waals surface area contributed by atoms with Gasteiger partial charge < -0.3 is 0 Å². The van der Waals surface area contributed by atoms with Gasteiger partial charge in [-0.2, -0.15) is 0 Å². The molecule has 0 radical (unpaired) electrons. The summed E-state index contributed by atoms with van der Waals surface area (Å²) in [6.07, 6.45) is 0. The van der Waals surface area contributed by atoms with Crippen LogP contribution in [-0.2, 0) is 33.3 Å². The van der Waals surface area contributed by atoms with Crippen LogP contribution in [0.15, 0.2) is 106 Å². The van der Waals surface area contributed by atoms with E-state index in [-0.39, 0.29) is 10.9 Å². The molecular formula is C18H26As6F6O18S. The molecule has 1 atom stereocenters. The summed E-state index contributed by atoms with van der Waals surface area (Å²) in [6, 6.07) is 32.2. The number of benzene rings is 3. The zero-order chi connectivity index (χ0) is 39.9. The average Bonchev–Trinajstić information content (AvgIpc) is 2.80. The van der Waals surface area contributed by atoms with E-state index in [0.717, 1.165) is 0 Å². The molecule has 1 unspecified atom stereocenters. The van der Waals surface area contributed by atoms with E-state index in [2.05, 4.69) is 91.0 Å². The maximum absolute atomic E-state index is 10.4. The summed E-state index contributed by atoms with van der Waals surface area (Å²) in [7, 11) is -0.0146. The zero-order valence-corrected chi connectivity index (χ0v) is 35.4. The van der Waals surface area contributed by atoms with E-state index in [1.807, 2.05) is 0 Å². The van der Waals surface area contributed by atoms with Crippen molar-refractivity contribution in [3.05, 3.63) is 91.0 Å². The van der Waals surface area contributed by atoms with Crippen molar-refractivity contribution >= 4 is 98.8 Å². The van der Waals surface area contributed by atoms with Gasteiger partial charge in [0.15, 0.2) is 14.7 Å². The predicted molar refractivity (Wildman–Crippen MR) is 151 cm³/mol. The van der Waals surface area contributed by atoms with Crippen LogP contribution in [0.1, 0.15) is 0 Å². The number of hydrogen-bond acceptors (Lipinski definition) is 7. The molecule has 0 aliphatic carbocycles. The van der Waals surface area contributed by atoms with Crippen molar-refractivity contribution in [2.45, 2.75) is 14.7 Å². The Morgan fingerprint density at radius 3 is 0.571 bits per heavy atom. The Labute approximate surface area is 294 Å². The van der Waals surface area contributed by atoms with Gasteiger partial charge in [-0.05, 0) is 36.4 Å². The molecule has 3 aromatic carbocycles. The SMILES string of the molecule is O=[As](O)(O)F.O=[As](O)(O)F.O=[As](O)(O)F.O=[As](O)(O)F.O=[As](O)(O)F.O=[As]([O-])(O)F.c1ccc([S+](c2ccccc2)c2ccccc2)cc1. The van der Waals surface area contributed by atoms with Crippen LogP contribution in [0, 0.1) is 0 Å². The van der Waals surface area contributed by atoms with E-state index in [4.69, 9.17) is 71.6 Å². The topological polar surface area (TPSA) is 348 Å². The first-order valence-corrected chi connectivity index (χ1v) is 30.9. The Kier molecular flexibility index (Phi) is 29.3. The Balaban J connectivity index is -0.000000280. The van der Waals surface area contributed by atoms with Gasteiger partial charge in [-0.3, -0.25) is 0 Å². The summed E-state index contributed by atoms with van der Waals surface area (Å²) in [5, 5.41) is 0. The van der Waals surface area contributed by atoms with Crippen molar-refractivity contribution in [3.63, 3.8) is 0 Å². The van der Waals surface area contributed by atoms with Crippen molar-refractivity contribution in [1.82, 2.24) is 0 Å². The maximum atomic E-state index is 10.4. The van der Waals surface area contributed by atoms with Crippen molar-refractivity contribution in [1.29, 1.82) is 0 Å². The van der Waals surface area contributed by atoms with Gasteiger partial charge in [-0.25, -0.2) is 0 Å². The van der Waals surface area contributed by atoms with Gasteiger partial charge in [0.05, 0.1) is 10.9 Å². The van der Waals surface area contributed by atoms with Crippen LogP contribution >= 0.6 is 0 Å². The van der Waals surface area contributed by atoms with Crippen molar-refractivity contribution < 1.29 is 92.4 Å². The molecule has 0 saturated heterocycles. The summed E-state index contributed by atoms with van der Waals surface area (Å²) >= 11 is -34.0. The Hall–Kier alpha value is -0.739. The summed E-state index contributed by atoms with van der Waals surface area (Å²) in [5.74, 6) is 0. The summed E-state index contributed by atoms with van der Waals surface area (Å²) in [4.78, 5) is 4.08. The normalized spacial score (nSPS) is 12.3. The fourth-order valence-corrected chi connectivity index (χ4v) is 4.18. The molecule has 284 valence electrons. The molecule has 0 saturated carbocycles. The maximum Gasteiger partial charge on any atom is 0.166 e. The third-order valence-corrected chi connectivity index (χ3v) is 5.17. The third-order valence-electron chi connectivity index (χ3n) is 2.94. The summed E-state index contributed by atoms with van der Waals surface area (Å²) in [5.41, 5.74) is 0. The molecule has 0 bridgehead atoms. The molecule has 18 nitrogen and oxygen atoms in total. The van der Waals surface area contributed by atoms with E-state index < -0.39 is 87.9 Å². The van der Waals surface area contributed by atoms with Crippen LogP contribution in [0.5, 0.6) is 0 Å². The van der Waals surface area contributed by atoms with Crippen LogP contribution in [0.2, 0.25) is 0 Å².